The van der Waals surface area contributed by atoms with Crippen LogP contribution < -0.4 is 4.74 Å². The zero-order valence-electron chi connectivity index (χ0n) is 25.2. The Bertz CT molecular complexity index is 1560. The van der Waals surface area contributed by atoms with E-state index in [2.05, 4.69) is 49.6 Å². The fraction of sp³-hybridized carbons (Fsp3) is 0.375. The van der Waals surface area contributed by atoms with Crippen molar-refractivity contribution >= 4 is 30.8 Å². The Morgan fingerprint density at radius 3 is 2.20 bits per heavy atom. The van der Waals surface area contributed by atoms with E-state index in [0.29, 0.717) is 48.6 Å². The number of hydrogen-bond donors (Lipinski definition) is 0. The molecule has 2 fully saturated rings. The summed E-state index contributed by atoms with van der Waals surface area (Å²) in [7, 11) is 1.54. The highest BCUT2D eigenvalue weighted by atomic mass is 35.5. The second kappa shape index (κ2) is 14.8. The molecule has 4 aromatic rings. The van der Waals surface area contributed by atoms with Gasteiger partial charge in [-0.15, -0.1) is 29.9 Å². The lowest BCUT2D eigenvalue weighted by molar-refractivity contribution is -0.147. The molecule has 0 radical (unpaired) electrons. The van der Waals surface area contributed by atoms with Gasteiger partial charge in [0, 0.05) is 63.1 Å². The van der Waals surface area contributed by atoms with Crippen LogP contribution in [0.25, 0.3) is 5.69 Å². The predicted molar refractivity (Wildman–Crippen MR) is 170 cm³/mol. The molecule has 3 aromatic carbocycles. The number of benzene rings is 3. The van der Waals surface area contributed by atoms with Crippen LogP contribution in [0.3, 0.4) is 0 Å². The van der Waals surface area contributed by atoms with Gasteiger partial charge in [0.25, 0.3) is 5.82 Å². The number of methoxy groups -OCH3 is 1. The number of piperazine rings is 1. The number of alkyl halides is 3. The van der Waals surface area contributed by atoms with E-state index in [1.54, 1.807) is 19.2 Å². The lowest BCUT2D eigenvalue weighted by Gasteiger charge is -2.47. The van der Waals surface area contributed by atoms with Crippen LogP contribution in [-0.4, -0.2) is 80.9 Å². The highest BCUT2D eigenvalue weighted by Gasteiger charge is 2.46. The van der Waals surface area contributed by atoms with Crippen LogP contribution in [0, 0.1) is 0 Å². The third-order valence-corrected chi connectivity index (χ3v) is 8.42. The Hall–Kier alpha value is -3.71. The Morgan fingerprint density at radius 2 is 1.61 bits per heavy atom. The fourth-order valence-corrected chi connectivity index (χ4v) is 6.73. The number of carbonyl (C=O) groups excluding carboxylic acids is 1. The van der Waals surface area contributed by atoms with Gasteiger partial charge in [0.05, 0.1) is 12.8 Å². The van der Waals surface area contributed by atoms with Crippen LogP contribution in [0.2, 0.25) is 0 Å². The molecule has 0 amide bonds. The molecule has 0 saturated carbocycles. The third-order valence-electron chi connectivity index (χ3n) is 8.42. The summed E-state index contributed by atoms with van der Waals surface area (Å²) in [6.07, 6.45) is -4.23. The quantitative estimate of drug-likeness (QED) is 0.224. The third kappa shape index (κ3) is 7.46. The van der Waals surface area contributed by atoms with E-state index in [1.165, 1.54) is 24.1 Å². The van der Waals surface area contributed by atoms with Gasteiger partial charge in [-0.1, -0.05) is 60.7 Å². The minimum absolute atomic E-state index is 0. The molecule has 0 N–H and O–H groups in total. The van der Waals surface area contributed by atoms with Gasteiger partial charge < -0.3 is 9.47 Å². The van der Waals surface area contributed by atoms with Gasteiger partial charge in [0.1, 0.15) is 11.9 Å². The highest BCUT2D eigenvalue weighted by Crippen LogP contribution is 2.39. The molecular formula is C32H35Cl2F3N6O3. The zero-order chi connectivity index (χ0) is 30.8. The molecule has 1 aromatic heterocycles. The fourth-order valence-electron chi connectivity index (χ4n) is 6.73. The normalized spacial score (nSPS) is 20.0. The number of esters is 1. The Kier molecular flexibility index (Phi) is 11.3. The van der Waals surface area contributed by atoms with Crippen LogP contribution in [0.5, 0.6) is 5.75 Å². The number of halogens is 5. The van der Waals surface area contributed by atoms with E-state index in [4.69, 9.17) is 9.47 Å². The predicted octanol–water partition coefficient (Wildman–Crippen LogP) is 5.56. The second-order valence-electron chi connectivity index (χ2n) is 11.3. The summed E-state index contributed by atoms with van der Waals surface area (Å²) < 4.78 is 52.8. The van der Waals surface area contributed by atoms with Crippen molar-refractivity contribution in [1.29, 1.82) is 0 Å². The van der Waals surface area contributed by atoms with Crippen molar-refractivity contribution in [2.45, 2.75) is 50.2 Å². The number of carbonyl (C=O) groups is 1. The highest BCUT2D eigenvalue weighted by molar-refractivity contribution is 5.85. The first kappa shape index (κ1) is 35.1. The number of ether oxygens (including phenoxy) is 2. The van der Waals surface area contributed by atoms with Gasteiger partial charge >= 0.3 is 12.1 Å². The van der Waals surface area contributed by atoms with Gasteiger partial charge in [-0.05, 0) is 39.8 Å². The van der Waals surface area contributed by atoms with Gasteiger partial charge in [0.15, 0.2) is 0 Å². The van der Waals surface area contributed by atoms with Crippen LogP contribution in [0.1, 0.15) is 41.8 Å². The van der Waals surface area contributed by atoms with Crippen LogP contribution in [0.15, 0.2) is 78.9 Å². The summed E-state index contributed by atoms with van der Waals surface area (Å²) in [5, 5.41) is 10.1. The Labute approximate surface area is 277 Å². The molecule has 14 heteroatoms. The van der Waals surface area contributed by atoms with E-state index >= 15 is 0 Å². The number of rotatable bonds is 8. The summed E-state index contributed by atoms with van der Waals surface area (Å²) in [5.41, 5.74) is 3.26. The number of tetrazole rings is 1. The number of aromatic nitrogens is 4. The largest absolute Gasteiger partial charge is 0.496 e. The van der Waals surface area contributed by atoms with Gasteiger partial charge in [-0.2, -0.15) is 17.9 Å². The van der Waals surface area contributed by atoms with Gasteiger partial charge in [-0.3, -0.25) is 14.6 Å². The average Bonchev–Trinajstić information content (AvgIpc) is 3.66. The lowest BCUT2D eigenvalue weighted by Crippen LogP contribution is -2.58. The molecule has 0 spiro atoms. The molecule has 2 saturated heterocycles. The molecule has 0 bridgehead atoms. The van der Waals surface area contributed by atoms with Crippen molar-refractivity contribution in [3.05, 3.63) is 101 Å². The molecule has 6 rings (SSSR count). The van der Waals surface area contributed by atoms with Crippen molar-refractivity contribution in [1.82, 2.24) is 30.0 Å². The summed E-state index contributed by atoms with van der Waals surface area (Å²) in [4.78, 5) is 16.7. The van der Waals surface area contributed by atoms with Crippen molar-refractivity contribution in [2.75, 3.05) is 26.7 Å². The first-order chi connectivity index (χ1) is 21.2. The SMILES string of the molecule is COc1ccc(-n2nnnc2C(F)(F)F)cc1CN1CC2CC(OC(C)=O)CN2C(C(c2ccccc2)c2ccccc2)C1.Cl.Cl. The van der Waals surface area contributed by atoms with Crippen LogP contribution in [0.4, 0.5) is 13.2 Å². The molecule has 3 atom stereocenters. The summed E-state index contributed by atoms with van der Waals surface area (Å²) >= 11 is 0. The molecule has 246 valence electrons. The molecule has 0 aliphatic carbocycles. The standard InChI is InChI=1S/C32H33F3N6O3.2ClH/c1-21(42)44-27-16-26-18-39(17-24-15-25(13-14-29(24)43-2)41-31(32(33,34)35)36-37-38-41)20-28(40(26)19-27)30(22-9-5-3-6-10-22)23-11-7-4-8-12-23;;/h3-15,26-28,30H,16-20H2,1-2H3;2*1H. The van der Waals surface area contributed by atoms with Crippen molar-refractivity contribution in [2.24, 2.45) is 0 Å². The molecular weight excluding hydrogens is 644 g/mol. The molecule has 9 nitrogen and oxygen atoms in total. The minimum atomic E-state index is -4.71. The maximum absolute atomic E-state index is 13.6. The summed E-state index contributed by atoms with van der Waals surface area (Å²) in [6, 6.07) is 25.7. The van der Waals surface area contributed by atoms with Gasteiger partial charge in [-0.25, -0.2) is 0 Å². The summed E-state index contributed by atoms with van der Waals surface area (Å²) in [6.45, 7) is 3.86. The topological polar surface area (TPSA) is 85.6 Å². The number of nitrogens with zero attached hydrogens (tertiary/aromatic N) is 6. The van der Waals surface area contributed by atoms with E-state index in [1.807, 2.05) is 36.4 Å². The smallest absolute Gasteiger partial charge is 0.453 e. The first-order valence-corrected chi connectivity index (χ1v) is 14.5. The molecule has 2 aliphatic heterocycles. The number of fused-ring (bicyclic) bond motifs is 1. The maximum Gasteiger partial charge on any atom is 0.453 e. The van der Waals surface area contributed by atoms with Crippen LogP contribution in [-0.2, 0) is 22.3 Å². The Balaban J connectivity index is 0.00000240. The molecule has 2 aliphatic rings. The minimum Gasteiger partial charge on any atom is -0.496 e. The lowest BCUT2D eigenvalue weighted by atomic mass is 9.82. The van der Waals surface area contributed by atoms with E-state index in [-0.39, 0.29) is 60.6 Å². The van der Waals surface area contributed by atoms with Crippen LogP contribution >= 0.6 is 24.8 Å². The molecule has 3 heterocycles. The molecule has 3 unspecified atom stereocenters. The maximum atomic E-state index is 13.6. The zero-order valence-corrected chi connectivity index (χ0v) is 26.8. The second-order valence-corrected chi connectivity index (χ2v) is 11.3. The molecule has 46 heavy (non-hydrogen) atoms. The first-order valence-electron chi connectivity index (χ1n) is 14.5. The van der Waals surface area contributed by atoms with Crippen molar-refractivity contribution < 1.29 is 27.4 Å². The number of hydrogen-bond acceptors (Lipinski definition) is 8. The average molecular weight is 680 g/mol. The summed E-state index contributed by atoms with van der Waals surface area (Å²) in [5.74, 6) is -0.907. The Morgan fingerprint density at radius 1 is 0.957 bits per heavy atom. The van der Waals surface area contributed by atoms with Crippen molar-refractivity contribution in [3.63, 3.8) is 0 Å². The monoisotopic (exact) mass is 678 g/mol. The van der Waals surface area contributed by atoms with Crippen molar-refractivity contribution in [3.8, 4) is 11.4 Å². The van der Waals surface area contributed by atoms with E-state index < -0.39 is 12.0 Å². The van der Waals surface area contributed by atoms with E-state index in [9.17, 15) is 18.0 Å². The van der Waals surface area contributed by atoms with E-state index in [0.717, 1.165) is 0 Å². The van der Waals surface area contributed by atoms with Gasteiger partial charge in [0.2, 0.25) is 0 Å².